The lowest BCUT2D eigenvalue weighted by Gasteiger charge is -2.09. The molecule has 8 aromatic carbocycles. The number of halogens is 6. The average Bonchev–Trinajstić information content (AvgIpc) is 1.59. The van der Waals surface area contributed by atoms with E-state index in [-0.39, 0.29) is 60.2 Å². The third kappa shape index (κ3) is 13.3. The van der Waals surface area contributed by atoms with Crippen molar-refractivity contribution in [1.29, 1.82) is 0 Å². The zero-order chi connectivity index (χ0) is 71.9. The van der Waals surface area contributed by atoms with Crippen LogP contribution in [-0.4, -0.2) is 99.3 Å². The number of H-pyrrole nitrogens is 4. The van der Waals surface area contributed by atoms with Crippen molar-refractivity contribution in [3.05, 3.63) is 263 Å². The second kappa shape index (κ2) is 27.5. The minimum atomic E-state index is -4.78. The van der Waals surface area contributed by atoms with Crippen LogP contribution in [0.25, 0.3) is 110 Å². The molecule has 0 saturated heterocycles. The SMILES string of the molecule is COc1ccc(-n2[nH]c3c(cnc4ccc(CO)cc43)c2=O)cc1.Cc1c(CO)ccc2c1ncc1c(=O)n(-c3ccc(OC(F)(F)F)cc3)[nH]c12.Cc1c(CO)ccc2c1ncc1c(=O)n(-c3ccccc3)[nH]c12.O=c1c2cnc3cc(CO)ccc3c2[nH]n1-c1ccc(OC(F)(F)F)cc1. The molecule has 516 valence electrons. The molecule has 0 aliphatic rings. The van der Waals surface area contributed by atoms with Crippen LogP contribution >= 0.6 is 0 Å². The molecular weight excluding hydrogens is 1330 g/mol. The number of methoxy groups -OCH3 is 1. The lowest BCUT2D eigenvalue weighted by molar-refractivity contribution is -0.275. The van der Waals surface area contributed by atoms with Crippen LogP contribution in [0, 0.1) is 13.8 Å². The molecule has 0 spiro atoms. The Morgan fingerprint density at radius 1 is 0.373 bits per heavy atom. The maximum Gasteiger partial charge on any atom is 0.573 e. The number of aryl methyl sites for hydroxylation is 2. The highest BCUT2D eigenvalue weighted by molar-refractivity contribution is 6.06. The van der Waals surface area contributed by atoms with Crippen molar-refractivity contribution in [2.24, 2.45) is 0 Å². The molecule has 0 radical (unpaired) electrons. The molecule has 102 heavy (non-hydrogen) atoms. The Kier molecular flexibility index (Phi) is 18.3. The number of aliphatic hydroxyl groups excluding tert-OH is 4. The first-order valence-electron chi connectivity index (χ1n) is 31.0. The van der Waals surface area contributed by atoms with E-state index in [1.165, 1.54) is 55.4 Å². The Labute approximate surface area is 568 Å². The maximum atomic E-state index is 12.7. The Morgan fingerprint density at radius 3 is 1.13 bits per heavy atom. The Morgan fingerprint density at radius 2 is 0.725 bits per heavy atom. The highest BCUT2D eigenvalue weighted by Gasteiger charge is 2.32. The standard InChI is InChI=1S/C19H14F3N3O3.C18H12F3N3O3.C18H15N3O3.C18H15N3O2/c1-10-11(9-26)2-7-14-16(10)23-8-15-17(14)24-25(18(15)27)12-3-5-13(6-4-12)28-19(20,21)22;19-18(20,21)27-12-4-2-11(3-5-12)24-17(26)14-8-22-15-7-10(9-25)1-6-13(15)16(14)23-24;1-24-13-5-3-12(4-6-13)21-18(23)15-9-19-16-7-2-11(10-22)8-14(16)17(15)20-21;1-11-12(10-22)7-8-14-16(11)19-9-15-17(14)20-21(18(15)23)13-5-3-2-4-6-13/h2-8,24,26H,9H2,1H3;1-8,23,25H,9H2;2-9,20,22H,10H2,1H3;2-9,20,22H,10H2,1H3. The molecule has 8 N–H and O–H groups in total. The number of rotatable bonds is 11. The van der Waals surface area contributed by atoms with Crippen LogP contribution in [-0.2, 0) is 26.4 Å². The first kappa shape index (κ1) is 67.9. The molecule has 0 aliphatic carbocycles. The van der Waals surface area contributed by atoms with Crippen molar-refractivity contribution in [1.82, 2.24) is 59.1 Å². The van der Waals surface area contributed by atoms with Gasteiger partial charge in [-0.15, -0.1) is 26.3 Å². The van der Waals surface area contributed by atoms with Crippen molar-refractivity contribution in [3.8, 4) is 40.0 Å². The molecule has 16 aromatic rings. The van der Waals surface area contributed by atoms with Crippen molar-refractivity contribution in [2.45, 2.75) is 53.0 Å². The molecule has 0 aliphatic heterocycles. The first-order chi connectivity index (χ1) is 49.0. The molecule has 29 heteroatoms. The van der Waals surface area contributed by atoms with Gasteiger partial charge in [-0.1, -0.05) is 60.7 Å². The number of pyridine rings is 4. The van der Waals surface area contributed by atoms with Gasteiger partial charge in [0.2, 0.25) is 0 Å². The summed E-state index contributed by atoms with van der Waals surface area (Å²) < 4.78 is 92.0. The number of fused-ring (bicyclic) bond motifs is 12. The second-order valence-electron chi connectivity index (χ2n) is 23.1. The number of ether oxygens (including phenoxy) is 3. The van der Waals surface area contributed by atoms with Crippen LogP contribution in [0.3, 0.4) is 0 Å². The summed E-state index contributed by atoms with van der Waals surface area (Å²) in [7, 11) is 1.60. The average molecular weight is 1390 g/mol. The number of nitrogens with one attached hydrogen (secondary N) is 4. The molecular formula is C73H56F6N12O11. The Bertz CT molecular complexity index is 6100. The van der Waals surface area contributed by atoms with Crippen LogP contribution < -0.4 is 36.4 Å². The van der Waals surface area contributed by atoms with Gasteiger partial charge in [-0.3, -0.25) is 59.5 Å². The van der Waals surface area contributed by atoms with E-state index < -0.39 is 12.7 Å². The van der Waals surface area contributed by atoms with Crippen molar-refractivity contribution < 1.29 is 61.0 Å². The number of hydrogen-bond donors (Lipinski definition) is 8. The number of hydrogen-bond acceptors (Lipinski definition) is 15. The molecule has 0 atom stereocenters. The molecule has 0 bridgehead atoms. The van der Waals surface area contributed by atoms with E-state index in [0.29, 0.717) is 82.5 Å². The number of alkyl halides is 6. The van der Waals surface area contributed by atoms with E-state index in [1.54, 1.807) is 62.0 Å². The lowest BCUT2D eigenvalue weighted by atomic mass is 10.0. The van der Waals surface area contributed by atoms with Gasteiger partial charge in [-0.25, -0.2) is 18.7 Å². The van der Waals surface area contributed by atoms with Gasteiger partial charge in [-0.2, -0.15) is 0 Å². The van der Waals surface area contributed by atoms with Crippen LogP contribution in [0.15, 0.2) is 208 Å². The number of nitrogens with zero attached hydrogens (tertiary/aromatic N) is 8. The number of benzene rings is 8. The van der Waals surface area contributed by atoms with E-state index in [9.17, 15) is 65.9 Å². The van der Waals surface area contributed by atoms with E-state index >= 15 is 0 Å². The van der Waals surface area contributed by atoms with Gasteiger partial charge in [0.1, 0.15) is 17.2 Å². The fraction of sp³-hybridized carbons (Fsp3) is 0.123. The molecule has 0 amide bonds. The highest BCUT2D eigenvalue weighted by atomic mass is 19.4. The van der Waals surface area contributed by atoms with E-state index in [2.05, 4.69) is 49.8 Å². The smallest absolute Gasteiger partial charge is 0.497 e. The summed E-state index contributed by atoms with van der Waals surface area (Å²) in [5.41, 5.74) is 11.3. The summed E-state index contributed by atoms with van der Waals surface area (Å²) in [6.45, 7) is 3.43. The maximum absolute atomic E-state index is 12.7. The van der Waals surface area contributed by atoms with Crippen molar-refractivity contribution in [3.63, 3.8) is 0 Å². The fourth-order valence-corrected chi connectivity index (χ4v) is 11.8. The summed E-state index contributed by atoms with van der Waals surface area (Å²) in [5, 5.41) is 54.5. The van der Waals surface area contributed by atoms with Gasteiger partial charge in [0, 0.05) is 46.3 Å². The predicted octanol–water partition coefficient (Wildman–Crippen LogP) is 11.9. The summed E-state index contributed by atoms with van der Waals surface area (Å²) in [4.78, 5) is 68.1. The normalized spacial score (nSPS) is 11.7. The minimum Gasteiger partial charge on any atom is -0.497 e. The summed E-state index contributed by atoms with van der Waals surface area (Å²) >= 11 is 0. The number of para-hydroxylation sites is 1. The third-order valence-electron chi connectivity index (χ3n) is 17.0. The van der Waals surface area contributed by atoms with Gasteiger partial charge in [-0.05, 0) is 150 Å². The zero-order valence-corrected chi connectivity index (χ0v) is 53.7. The van der Waals surface area contributed by atoms with Crippen LogP contribution in [0.1, 0.15) is 33.4 Å². The number of aromatic amines is 4. The number of aliphatic hydroxyl groups is 4. The van der Waals surface area contributed by atoms with Gasteiger partial charge in [0.15, 0.2) is 0 Å². The predicted molar refractivity (Wildman–Crippen MR) is 370 cm³/mol. The van der Waals surface area contributed by atoms with Crippen LogP contribution in [0.4, 0.5) is 26.3 Å². The minimum absolute atomic E-state index is 0.0248. The zero-order valence-electron chi connectivity index (χ0n) is 53.7. The quantitative estimate of drug-likeness (QED) is 0.0558. The first-order valence-corrected chi connectivity index (χ1v) is 31.0. The molecule has 8 aromatic heterocycles. The summed E-state index contributed by atoms with van der Waals surface area (Å²) in [6.07, 6.45) is -3.51. The Hall–Kier alpha value is -12.7. The third-order valence-corrected chi connectivity index (χ3v) is 17.0. The van der Waals surface area contributed by atoms with Crippen LogP contribution in [0.2, 0.25) is 0 Å². The molecule has 23 nitrogen and oxygen atoms in total. The molecule has 0 fully saturated rings. The van der Waals surface area contributed by atoms with Gasteiger partial charge in [0.05, 0.1) is 122 Å². The molecule has 0 unspecified atom stereocenters. The molecule has 16 rings (SSSR count). The lowest BCUT2D eigenvalue weighted by Crippen LogP contribution is -2.17. The molecule has 0 saturated carbocycles. The monoisotopic (exact) mass is 1390 g/mol. The van der Waals surface area contributed by atoms with Crippen molar-refractivity contribution >= 4 is 87.2 Å². The van der Waals surface area contributed by atoms with Crippen LogP contribution in [0.5, 0.6) is 17.2 Å². The fourth-order valence-electron chi connectivity index (χ4n) is 11.8. The van der Waals surface area contributed by atoms with Gasteiger partial charge >= 0.3 is 12.7 Å². The van der Waals surface area contributed by atoms with E-state index in [0.717, 1.165) is 90.8 Å². The topological polar surface area (TPSA) is 311 Å². The Balaban J connectivity index is 0.000000122. The highest BCUT2D eigenvalue weighted by Crippen LogP contribution is 2.31. The van der Waals surface area contributed by atoms with Crippen molar-refractivity contribution in [2.75, 3.05) is 7.11 Å². The van der Waals surface area contributed by atoms with Gasteiger partial charge in [0.25, 0.3) is 22.2 Å². The molecule has 8 heterocycles. The summed E-state index contributed by atoms with van der Waals surface area (Å²) in [5.74, 6) is -0.0265. The van der Waals surface area contributed by atoms with E-state index in [4.69, 9.17) is 4.74 Å². The largest absolute Gasteiger partial charge is 0.573 e. The second-order valence-corrected chi connectivity index (χ2v) is 23.1. The van der Waals surface area contributed by atoms with E-state index in [1.807, 2.05) is 86.6 Å². The summed E-state index contributed by atoms with van der Waals surface area (Å²) in [6, 6.07) is 44.6. The number of aromatic nitrogens is 12. The van der Waals surface area contributed by atoms with Gasteiger partial charge < -0.3 is 34.6 Å².